The first kappa shape index (κ1) is 20.3. The molecule has 0 spiro atoms. The fourth-order valence-electron chi connectivity index (χ4n) is 2.10. The van der Waals surface area contributed by atoms with Crippen molar-refractivity contribution in [3.63, 3.8) is 0 Å². The van der Waals surface area contributed by atoms with Crippen molar-refractivity contribution < 1.29 is 24.2 Å². The molecule has 10 heteroatoms. The zero-order chi connectivity index (χ0) is 19.0. The predicted octanol–water partition coefficient (Wildman–Crippen LogP) is 1.14. The third-order valence-corrected chi connectivity index (χ3v) is 3.51. The zero-order valence-electron chi connectivity index (χ0n) is 14.4. The lowest BCUT2D eigenvalue weighted by Gasteiger charge is -2.17. The molecule has 0 saturated heterocycles. The Morgan fingerprint density at radius 3 is 2.60 bits per heavy atom. The summed E-state index contributed by atoms with van der Waals surface area (Å²) in [5, 5.41) is 14.2. The molecule has 1 aromatic heterocycles. The molecule has 0 aliphatic heterocycles. The van der Waals surface area contributed by atoms with Gasteiger partial charge in [-0.25, -0.2) is 9.78 Å². The summed E-state index contributed by atoms with van der Waals surface area (Å²) < 4.78 is 6.50. The highest BCUT2D eigenvalue weighted by Crippen LogP contribution is 2.13. The van der Waals surface area contributed by atoms with Crippen LogP contribution in [-0.2, 0) is 25.7 Å². The first-order valence-corrected chi connectivity index (χ1v) is 7.79. The monoisotopic (exact) mass is 354 g/mol. The van der Waals surface area contributed by atoms with Gasteiger partial charge in [0, 0.05) is 6.42 Å². The molecule has 1 atom stereocenters. The Bertz CT molecular complexity index is 640. The van der Waals surface area contributed by atoms with Crippen molar-refractivity contribution >= 4 is 23.7 Å². The highest BCUT2D eigenvalue weighted by Gasteiger charge is 2.23. The van der Waals surface area contributed by atoms with Crippen LogP contribution in [0, 0.1) is 17.7 Å². The largest absolute Gasteiger partial charge is 0.480 e. The van der Waals surface area contributed by atoms with E-state index in [1.807, 2.05) is 0 Å². The van der Waals surface area contributed by atoms with Crippen molar-refractivity contribution in [1.29, 1.82) is 0 Å². The number of carbonyl (C=O) groups is 3. The smallest absolute Gasteiger partial charge is 0.326 e. The second kappa shape index (κ2) is 9.50. The van der Waals surface area contributed by atoms with Crippen molar-refractivity contribution in [2.24, 2.45) is 11.1 Å². The number of aromatic nitrogens is 2. The van der Waals surface area contributed by atoms with Crippen molar-refractivity contribution in [2.75, 3.05) is 6.61 Å². The molecule has 1 aromatic rings. The number of nitroso groups, excluding NO2 is 1. The fourth-order valence-corrected chi connectivity index (χ4v) is 2.10. The molecule has 0 unspecified atom stereocenters. The SMILES string of the molecule is Cc1ncc(N=O)n1CCOC(=O)CCC(=O)N[C@H](C(=O)O)C(C)C. The topological polar surface area (TPSA) is 140 Å². The maximum atomic E-state index is 11.7. The molecule has 10 nitrogen and oxygen atoms in total. The highest BCUT2D eigenvalue weighted by molar-refractivity contribution is 5.85. The maximum absolute atomic E-state index is 11.7. The second-order valence-electron chi connectivity index (χ2n) is 5.75. The number of nitrogens with one attached hydrogen (secondary N) is 1. The molecular weight excluding hydrogens is 332 g/mol. The van der Waals surface area contributed by atoms with E-state index >= 15 is 0 Å². The summed E-state index contributed by atoms with van der Waals surface area (Å²) in [6.45, 7) is 5.26. The van der Waals surface area contributed by atoms with Crippen LogP contribution in [0.15, 0.2) is 11.4 Å². The number of nitrogens with zero attached hydrogens (tertiary/aromatic N) is 3. The fraction of sp³-hybridized carbons (Fsp3) is 0.600. The van der Waals surface area contributed by atoms with Crippen LogP contribution in [0.25, 0.3) is 0 Å². The number of amides is 1. The second-order valence-corrected chi connectivity index (χ2v) is 5.75. The summed E-state index contributed by atoms with van der Waals surface area (Å²) in [4.78, 5) is 48.9. The van der Waals surface area contributed by atoms with Gasteiger partial charge in [0.05, 0.1) is 19.2 Å². The lowest BCUT2D eigenvalue weighted by molar-refractivity contribution is -0.145. The summed E-state index contributed by atoms with van der Waals surface area (Å²) in [5.41, 5.74) is 0. The van der Waals surface area contributed by atoms with E-state index in [0.29, 0.717) is 5.82 Å². The van der Waals surface area contributed by atoms with Crippen LogP contribution in [0.2, 0.25) is 0 Å². The molecule has 0 aromatic carbocycles. The van der Waals surface area contributed by atoms with Crippen LogP contribution in [0.1, 0.15) is 32.5 Å². The predicted molar refractivity (Wildman–Crippen MR) is 87.0 cm³/mol. The standard InChI is InChI=1S/C15H22N4O6/c1-9(2)14(15(22)23)17-12(20)4-5-13(21)25-7-6-19-10(3)16-8-11(19)18-24/h8-9,14H,4-7H2,1-3H3,(H,17,20)(H,22,23)/t14-/m0/s1. The molecule has 1 amide bonds. The van der Waals surface area contributed by atoms with Gasteiger partial charge in [0.2, 0.25) is 5.91 Å². The van der Waals surface area contributed by atoms with E-state index < -0.39 is 23.9 Å². The molecular formula is C15H22N4O6. The Hall–Kier alpha value is -2.78. The Kier molecular flexibility index (Phi) is 7.70. The Labute approximate surface area is 144 Å². The highest BCUT2D eigenvalue weighted by atomic mass is 16.5. The Morgan fingerprint density at radius 1 is 1.36 bits per heavy atom. The van der Waals surface area contributed by atoms with Crippen LogP contribution >= 0.6 is 0 Å². The third-order valence-electron chi connectivity index (χ3n) is 3.51. The Morgan fingerprint density at radius 2 is 2.04 bits per heavy atom. The number of ether oxygens (including phenoxy) is 1. The van der Waals surface area contributed by atoms with Gasteiger partial charge < -0.3 is 19.7 Å². The van der Waals surface area contributed by atoms with E-state index in [9.17, 15) is 19.3 Å². The number of carboxylic acids is 1. The number of carboxylic acid groups (broad SMARTS) is 1. The molecule has 1 heterocycles. The minimum atomic E-state index is -1.12. The van der Waals surface area contributed by atoms with E-state index in [0.717, 1.165) is 0 Å². The zero-order valence-corrected chi connectivity index (χ0v) is 14.4. The van der Waals surface area contributed by atoms with E-state index in [2.05, 4.69) is 15.5 Å². The van der Waals surface area contributed by atoms with Gasteiger partial charge in [0.1, 0.15) is 18.5 Å². The molecule has 138 valence electrons. The lowest BCUT2D eigenvalue weighted by atomic mass is 10.0. The molecule has 1 rings (SSSR count). The molecule has 0 saturated carbocycles. The van der Waals surface area contributed by atoms with Gasteiger partial charge in [0.25, 0.3) is 0 Å². The normalized spacial score (nSPS) is 11.8. The first-order valence-electron chi connectivity index (χ1n) is 7.79. The third kappa shape index (κ3) is 6.32. The Balaban J connectivity index is 2.35. The van der Waals surface area contributed by atoms with Gasteiger partial charge in [-0.05, 0) is 18.0 Å². The summed E-state index contributed by atoms with van der Waals surface area (Å²) in [5.74, 6) is -1.81. The number of aryl methyl sites for hydroxylation is 1. The van der Waals surface area contributed by atoms with Crippen LogP contribution in [0.3, 0.4) is 0 Å². The van der Waals surface area contributed by atoms with Crippen molar-refractivity contribution in [1.82, 2.24) is 14.9 Å². The number of carbonyl (C=O) groups excluding carboxylic acids is 2. The number of imidazole rings is 1. The van der Waals surface area contributed by atoms with Gasteiger partial charge in [-0.3, -0.25) is 9.59 Å². The average molecular weight is 354 g/mol. The molecule has 0 radical (unpaired) electrons. The van der Waals surface area contributed by atoms with Gasteiger partial charge in [-0.15, -0.1) is 4.91 Å². The summed E-state index contributed by atoms with van der Waals surface area (Å²) in [7, 11) is 0. The molecule has 0 aliphatic carbocycles. The van der Waals surface area contributed by atoms with Crippen LogP contribution in [-0.4, -0.2) is 45.2 Å². The quantitative estimate of drug-likeness (QED) is 0.474. The number of aliphatic carboxylic acids is 1. The maximum Gasteiger partial charge on any atom is 0.326 e. The minimum absolute atomic E-state index is 0.00389. The van der Waals surface area contributed by atoms with Gasteiger partial charge in [0.15, 0.2) is 5.82 Å². The van der Waals surface area contributed by atoms with E-state index in [-0.39, 0.29) is 37.7 Å². The van der Waals surface area contributed by atoms with Crippen molar-refractivity contribution in [3.05, 3.63) is 16.9 Å². The van der Waals surface area contributed by atoms with Gasteiger partial charge in [-0.1, -0.05) is 13.8 Å². The van der Waals surface area contributed by atoms with Crippen LogP contribution in [0.4, 0.5) is 5.82 Å². The minimum Gasteiger partial charge on any atom is -0.480 e. The van der Waals surface area contributed by atoms with E-state index in [1.165, 1.54) is 10.8 Å². The first-order chi connectivity index (χ1) is 11.8. The summed E-state index contributed by atoms with van der Waals surface area (Å²) in [6, 6.07) is -0.998. The average Bonchev–Trinajstić information content (AvgIpc) is 2.90. The molecule has 2 N–H and O–H groups in total. The lowest BCUT2D eigenvalue weighted by Crippen LogP contribution is -2.44. The molecule has 0 fully saturated rings. The summed E-state index contributed by atoms with van der Waals surface area (Å²) in [6.07, 6.45) is 0.987. The summed E-state index contributed by atoms with van der Waals surface area (Å²) >= 11 is 0. The molecule has 0 bridgehead atoms. The van der Waals surface area contributed by atoms with Crippen LogP contribution in [0.5, 0.6) is 0 Å². The molecule has 0 aliphatic rings. The molecule has 25 heavy (non-hydrogen) atoms. The van der Waals surface area contributed by atoms with Crippen molar-refractivity contribution in [2.45, 2.75) is 46.2 Å². The number of rotatable bonds is 10. The van der Waals surface area contributed by atoms with Gasteiger partial charge in [-0.2, -0.15) is 0 Å². The number of hydrogen-bond donors (Lipinski definition) is 2. The van der Waals surface area contributed by atoms with Crippen molar-refractivity contribution in [3.8, 4) is 0 Å². The number of hydrogen-bond acceptors (Lipinski definition) is 7. The van der Waals surface area contributed by atoms with Gasteiger partial charge >= 0.3 is 11.9 Å². The van der Waals surface area contributed by atoms with E-state index in [1.54, 1.807) is 20.8 Å². The van der Waals surface area contributed by atoms with E-state index in [4.69, 9.17) is 9.84 Å². The van der Waals surface area contributed by atoms with Crippen LogP contribution < -0.4 is 5.32 Å². The number of esters is 1.